The fourth-order valence-corrected chi connectivity index (χ4v) is 3.41. The highest BCUT2D eigenvalue weighted by Gasteiger charge is 2.31. The van der Waals surface area contributed by atoms with Gasteiger partial charge in [0.15, 0.2) is 5.82 Å². The van der Waals surface area contributed by atoms with E-state index in [4.69, 9.17) is 5.11 Å². The fourth-order valence-electron chi connectivity index (χ4n) is 3.41. The number of aliphatic hydroxyl groups is 1. The molecule has 1 aromatic heterocycles. The van der Waals surface area contributed by atoms with Crippen LogP contribution in [0.1, 0.15) is 37.8 Å². The first kappa shape index (κ1) is 11.9. The Morgan fingerprint density at radius 1 is 1.11 bits per heavy atom. The molecule has 1 aromatic rings. The lowest BCUT2D eigenvalue weighted by molar-refractivity contribution is 0.202. The summed E-state index contributed by atoms with van der Waals surface area (Å²) >= 11 is 0. The minimum absolute atomic E-state index is 0.0298. The van der Waals surface area contributed by atoms with Crippen LogP contribution in [0.5, 0.6) is 0 Å². The van der Waals surface area contributed by atoms with Gasteiger partial charge in [-0.3, -0.25) is 0 Å². The maximum absolute atomic E-state index is 8.98. The van der Waals surface area contributed by atoms with Crippen LogP contribution in [0, 0.1) is 11.8 Å². The second kappa shape index (κ2) is 5.22. The molecule has 2 fully saturated rings. The van der Waals surface area contributed by atoms with Crippen LogP contribution in [0.15, 0.2) is 12.1 Å². The maximum atomic E-state index is 8.98. The first-order valence-electron chi connectivity index (χ1n) is 7.05. The van der Waals surface area contributed by atoms with Crippen molar-refractivity contribution in [3.05, 3.63) is 17.8 Å². The monoisotopic (exact) mass is 247 g/mol. The Hall–Kier alpha value is -1.16. The molecule has 1 saturated heterocycles. The van der Waals surface area contributed by atoms with Gasteiger partial charge in [0.1, 0.15) is 0 Å². The molecule has 18 heavy (non-hydrogen) atoms. The molecular formula is C14H21N3O. The summed E-state index contributed by atoms with van der Waals surface area (Å²) in [5, 5.41) is 17.2. The number of fused-ring (bicyclic) bond motifs is 1. The van der Waals surface area contributed by atoms with Crippen molar-refractivity contribution in [2.45, 2.75) is 38.7 Å². The van der Waals surface area contributed by atoms with E-state index in [0.717, 1.165) is 30.7 Å². The van der Waals surface area contributed by atoms with Crippen molar-refractivity contribution < 1.29 is 5.11 Å². The Kier molecular flexibility index (Phi) is 3.46. The summed E-state index contributed by atoms with van der Waals surface area (Å²) in [7, 11) is 0. The van der Waals surface area contributed by atoms with Crippen LogP contribution in [-0.4, -0.2) is 28.4 Å². The second-order valence-corrected chi connectivity index (χ2v) is 5.58. The van der Waals surface area contributed by atoms with E-state index in [9.17, 15) is 0 Å². The summed E-state index contributed by atoms with van der Waals surface area (Å²) in [6.45, 7) is 2.21. The van der Waals surface area contributed by atoms with Crippen LogP contribution in [0.25, 0.3) is 0 Å². The number of nitrogens with zero attached hydrogens (tertiary/aromatic N) is 3. The van der Waals surface area contributed by atoms with E-state index in [2.05, 4.69) is 15.1 Å². The quantitative estimate of drug-likeness (QED) is 0.868. The van der Waals surface area contributed by atoms with Gasteiger partial charge in [-0.05, 0) is 36.8 Å². The van der Waals surface area contributed by atoms with Gasteiger partial charge in [-0.15, -0.1) is 5.10 Å². The SMILES string of the molecule is OCc1ccc(N2CCC3CCCCC3C2)nn1. The predicted octanol–water partition coefficient (Wildman–Crippen LogP) is 1.99. The summed E-state index contributed by atoms with van der Waals surface area (Å²) < 4.78 is 0. The third kappa shape index (κ3) is 2.34. The fraction of sp³-hybridized carbons (Fsp3) is 0.714. The molecule has 0 bridgehead atoms. The van der Waals surface area contributed by atoms with E-state index >= 15 is 0 Å². The van der Waals surface area contributed by atoms with Gasteiger partial charge in [0.2, 0.25) is 0 Å². The van der Waals surface area contributed by atoms with Gasteiger partial charge in [0.25, 0.3) is 0 Å². The van der Waals surface area contributed by atoms with Gasteiger partial charge < -0.3 is 10.0 Å². The zero-order valence-electron chi connectivity index (χ0n) is 10.8. The van der Waals surface area contributed by atoms with Gasteiger partial charge in [-0.1, -0.05) is 19.3 Å². The molecule has 1 aliphatic carbocycles. The van der Waals surface area contributed by atoms with Gasteiger partial charge in [0, 0.05) is 13.1 Å². The largest absolute Gasteiger partial charge is 0.390 e. The predicted molar refractivity (Wildman–Crippen MR) is 70.2 cm³/mol. The van der Waals surface area contributed by atoms with Gasteiger partial charge in [-0.2, -0.15) is 5.10 Å². The molecule has 0 spiro atoms. The minimum atomic E-state index is -0.0298. The number of anilines is 1. The highest BCUT2D eigenvalue weighted by atomic mass is 16.3. The Bertz CT molecular complexity index is 393. The van der Waals surface area contributed by atoms with Crippen LogP contribution in [0.2, 0.25) is 0 Å². The minimum Gasteiger partial charge on any atom is -0.390 e. The lowest BCUT2D eigenvalue weighted by atomic mass is 9.75. The Morgan fingerprint density at radius 2 is 1.94 bits per heavy atom. The first-order valence-corrected chi connectivity index (χ1v) is 7.05. The Morgan fingerprint density at radius 3 is 2.67 bits per heavy atom. The summed E-state index contributed by atoms with van der Waals surface area (Å²) in [5.41, 5.74) is 0.645. The smallest absolute Gasteiger partial charge is 0.151 e. The molecule has 98 valence electrons. The molecule has 0 amide bonds. The molecule has 2 unspecified atom stereocenters. The van der Waals surface area contributed by atoms with Crippen LogP contribution in [0.3, 0.4) is 0 Å². The average molecular weight is 247 g/mol. The Balaban J connectivity index is 1.69. The molecule has 4 nitrogen and oxygen atoms in total. The highest BCUT2D eigenvalue weighted by Crippen LogP contribution is 2.36. The zero-order chi connectivity index (χ0) is 12.4. The van der Waals surface area contributed by atoms with Gasteiger partial charge >= 0.3 is 0 Å². The van der Waals surface area contributed by atoms with Crippen LogP contribution < -0.4 is 4.90 Å². The van der Waals surface area contributed by atoms with E-state index in [1.54, 1.807) is 0 Å². The molecule has 2 aliphatic rings. The van der Waals surface area contributed by atoms with Crippen LogP contribution in [-0.2, 0) is 6.61 Å². The third-order valence-corrected chi connectivity index (χ3v) is 4.48. The number of hydrogen-bond acceptors (Lipinski definition) is 4. The number of piperidine rings is 1. The molecule has 0 radical (unpaired) electrons. The molecule has 1 N–H and O–H groups in total. The van der Waals surface area contributed by atoms with E-state index in [1.807, 2.05) is 12.1 Å². The summed E-state index contributed by atoms with van der Waals surface area (Å²) in [6.07, 6.45) is 6.92. The first-order chi connectivity index (χ1) is 8.86. The van der Waals surface area contributed by atoms with Crippen molar-refractivity contribution in [2.75, 3.05) is 18.0 Å². The van der Waals surface area contributed by atoms with Crippen molar-refractivity contribution in [2.24, 2.45) is 11.8 Å². The number of hydrogen-bond donors (Lipinski definition) is 1. The van der Waals surface area contributed by atoms with Crippen molar-refractivity contribution in [1.82, 2.24) is 10.2 Å². The Labute approximate surface area is 108 Å². The summed E-state index contributed by atoms with van der Waals surface area (Å²) in [6, 6.07) is 3.86. The molecule has 1 saturated carbocycles. The van der Waals surface area contributed by atoms with E-state index in [1.165, 1.54) is 32.1 Å². The number of rotatable bonds is 2. The lowest BCUT2D eigenvalue weighted by Crippen LogP contribution is -2.42. The molecule has 3 rings (SSSR count). The molecule has 2 heterocycles. The van der Waals surface area contributed by atoms with Gasteiger partial charge in [-0.25, -0.2) is 0 Å². The lowest BCUT2D eigenvalue weighted by Gasteiger charge is -2.41. The third-order valence-electron chi connectivity index (χ3n) is 4.48. The number of aliphatic hydroxyl groups excluding tert-OH is 1. The molecule has 1 aliphatic heterocycles. The van der Waals surface area contributed by atoms with Crippen molar-refractivity contribution in [3.63, 3.8) is 0 Å². The molecular weight excluding hydrogens is 226 g/mol. The molecule has 2 atom stereocenters. The topological polar surface area (TPSA) is 49.2 Å². The average Bonchev–Trinajstić information content (AvgIpc) is 2.47. The van der Waals surface area contributed by atoms with Crippen LogP contribution in [0.4, 0.5) is 5.82 Å². The maximum Gasteiger partial charge on any atom is 0.151 e. The summed E-state index contributed by atoms with van der Waals surface area (Å²) in [5.74, 6) is 2.77. The van der Waals surface area contributed by atoms with Crippen molar-refractivity contribution in [1.29, 1.82) is 0 Å². The van der Waals surface area contributed by atoms with E-state index in [0.29, 0.717) is 5.69 Å². The van der Waals surface area contributed by atoms with E-state index < -0.39 is 0 Å². The van der Waals surface area contributed by atoms with E-state index in [-0.39, 0.29) is 6.61 Å². The highest BCUT2D eigenvalue weighted by molar-refractivity contribution is 5.38. The van der Waals surface area contributed by atoms with Crippen molar-refractivity contribution >= 4 is 5.82 Å². The summed E-state index contributed by atoms with van der Waals surface area (Å²) in [4.78, 5) is 2.36. The molecule has 4 heteroatoms. The van der Waals surface area contributed by atoms with Crippen molar-refractivity contribution in [3.8, 4) is 0 Å². The second-order valence-electron chi connectivity index (χ2n) is 5.58. The zero-order valence-corrected chi connectivity index (χ0v) is 10.8. The van der Waals surface area contributed by atoms with Crippen LogP contribution >= 0.6 is 0 Å². The number of aromatic nitrogens is 2. The molecule has 0 aromatic carbocycles. The normalized spacial score (nSPS) is 27.9. The standard InChI is InChI=1S/C14H21N3O/c18-10-13-5-6-14(16-15-13)17-8-7-11-3-1-2-4-12(11)9-17/h5-6,11-12,18H,1-4,7-10H2. The van der Waals surface area contributed by atoms with Gasteiger partial charge in [0.05, 0.1) is 12.3 Å².